The first-order valence-electron chi connectivity index (χ1n) is 5.43. The Labute approximate surface area is 109 Å². The molecule has 1 fully saturated rings. The zero-order valence-electron chi connectivity index (χ0n) is 10.3. The summed E-state index contributed by atoms with van der Waals surface area (Å²) in [5.74, 6) is -0.833. The Morgan fingerprint density at radius 2 is 1.82 bits per heavy atom. The van der Waals surface area contributed by atoms with Crippen molar-refractivity contribution in [3.8, 4) is 0 Å². The van der Waals surface area contributed by atoms with Crippen molar-refractivity contribution >= 4 is 27.9 Å². The van der Waals surface area contributed by atoms with Crippen LogP contribution in [-0.2, 0) is 23.8 Å². The highest BCUT2D eigenvalue weighted by Crippen LogP contribution is 2.35. The van der Waals surface area contributed by atoms with Gasteiger partial charge in [0.05, 0.1) is 7.11 Å². The number of carbonyl (C=O) groups is 2. The molecule has 0 N–H and O–H groups in total. The van der Waals surface area contributed by atoms with E-state index in [1.165, 1.54) is 14.0 Å². The van der Waals surface area contributed by atoms with Crippen LogP contribution in [0.5, 0.6) is 0 Å². The van der Waals surface area contributed by atoms with Gasteiger partial charge in [0.2, 0.25) is 0 Å². The molecular weight excluding hydrogens is 292 g/mol. The first-order chi connectivity index (χ1) is 7.88. The normalized spacial score (nSPS) is 37.4. The Morgan fingerprint density at radius 3 is 2.29 bits per heavy atom. The van der Waals surface area contributed by atoms with E-state index < -0.39 is 24.1 Å². The number of ether oxygens (including phenoxy) is 3. The summed E-state index contributed by atoms with van der Waals surface area (Å²) in [6.45, 7) is 5.20. The number of methoxy groups -OCH3 is 1. The molecule has 0 radical (unpaired) electrons. The zero-order valence-corrected chi connectivity index (χ0v) is 11.9. The van der Waals surface area contributed by atoms with Crippen LogP contribution in [0.4, 0.5) is 0 Å². The maximum Gasteiger partial charge on any atom is 0.338 e. The number of halogens is 1. The smallest absolute Gasteiger partial charge is 0.338 e. The van der Waals surface area contributed by atoms with Crippen molar-refractivity contribution in [2.75, 3.05) is 7.11 Å². The van der Waals surface area contributed by atoms with Gasteiger partial charge in [-0.3, -0.25) is 4.79 Å². The van der Waals surface area contributed by atoms with Gasteiger partial charge in [-0.25, -0.2) is 4.79 Å². The fraction of sp³-hybridized carbons (Fsp3) is 0.818. The van der Waals surface area contributed by atoms with Gasteiger partial charge in [-0.05, 0) is 5.92 Å². The average molecular weight is 309 g/mol. The molecule has 0 aromatic rings. The van der Waals surface area contributed by atoms with Crippen LogP contribution in [0.3, 0.4) is 0 Å². The van der Waals surface area contributed by atoms with Gasteiger partial charge in [0.1, 0.15) is 11.1 Å². The molecule has 17 heavy (non-hydrogen) atoms. The summed E-state index contributed by atoms with van der Waals surface area (Å²) in [5, 5.41) is -0.256. The fourth-order valence-corrected chi connectivity index (χ4v) is 2.54. The number of carbonyl (C=O) groups excluding carboxylic acids is 2. The summed E-state index contributed by atoms with van der Waals surface area (Å²) in [6, 6.07) is 0. The Morgan fingerprint density at radius 1 is 1.24 bits per heavy atom. The second-order valence-corrected chi connectivity index (χ2v) is 5.13. The van der Waals surface area contributed by atoms with E-state index in [0.717, 1.165) is 0 Å². The van der Waals surface area contributed by atoms with E-state index in [0.29, 0.717) is 0 Å². The van der Waals surface area contributed by atoms with E-state index >= 15 is 0 Å². The zero-order chi connectivity index (χ0) is 13.2. The lowest BCUT2D eigenvalue weighted by molar-refractivity contribution is -0.195. The van der Waals surface area contributed by atoms with Crippen LogP contribution >= 0.6 is 15.9 Å². The molecular formula is C11H17BrO5. The van der Waals surface area contributed by atoms with Crippen LogP contribution in [0.2, 0.25) is 0 Å². The second kappa shape index (κ2) is 5.82. The minimum atomic E-state index is -0.875. The largest absolute Gasteiger partial charge is 0.467 e. The van der Waals surface area contributed by atoms with E-state index in [4.69, 9.17) is 9.47 Å². The maximum atomic E-state index is 11.6. The lowest BCUT2D eigenvalue weighted by atomic mass is 9.85. The molecule has 6 heteroatoms. The van der Waals surface area contributed by atoms with E-state index in [-0.39, 0.29) is 16.8 Å². The maximum absolute atomic E-state index is 11.6. The van der Waals surface area contributed by atoms with Gasteiger partial charge < -0.3 is 14.2 Å². The van der Waals surface area contributed by atoms with Crippen molar-refractivity contribution in [3.63, 3.8) is 0 Å². The van der Waals surface area contributed by atoms with Crippen molar-refractivity contribution in [2.24, 2.45) is 11.8 Å². The van der Waals surface area contributed by atoms with E-state index in [2.05, 4.69) is 20.7 Å². The van der Waals surface area contributed by atoms with Crippen molar-refractivity contribution in [1.29, 1.82) is 0 Å². The Balaban J connectivity index is 2.90. The van der Waals surface area contributed by atoms with Crippen LogP contribution in [0.1, 0.15) is 20.8 Å². The summed E-state index contributed by atoms with van der Waals surface area (Å²) in [4.78, 5) is 22.7. The highest BCUT2D eigenvalue weighted by Gasteiger charge is 2.46. The van der Waals surface area contributed by atoms with Gasteiger partial charge in [0.15, 0.2) is 6.10 Å². The lowest BCUT2D eigenvalue weighted by Crippen LogP contribution is -2.52. The number of hydrogen-bond acceptors (Lipinski definition) is 5. The van der Waals surface area contributed by atoms with Crippen molar-refractivity contribution in [2.45, 2.75) is 38.0 Å². The van der Waals surface area contributed by atoms with Crippen molar-refractivity contribution in [3.05, 3.63) is 0 Å². The average Bonchev–Trinajstić information content (AvgIpc) is 2.28. The topological polar surface area (TPSA) is 61.8 Å². The summed E-state index contributed by atoms with van der Waals surface area (Å²) < 4.78 is 15.3. The van der Waals surface area contributed by atoms with E-state index in [1.807, 2.05) is 13.8 Å². The Hall–Kier alpha value is -0.620. The molecule has 0 amide bonds. The standard InChI is InChI=1S/C11H17BrO5/c1-5-6(2)10(12)17-9(11(14)15-4)8(5)16-7(3)13/h5-6,8-10H,1-4H3/t5-,6-,8+,9+,10?/m1/s1. The molecule has 1 aliphatic rings. The third kappa shape index (κ3) is 3.19. The highest BCUT2D eigenvalue weighted by atomic mass is 79.9. The second-order valence-electron chi connectivity index (χ2n) is 4.22. The summed E-state index contributed by atoms with van der Waals surface area (Å²) >= 11 is 3.36. The molecule has 1 heterocycles. The fourth-order valence-electron chi connectivity index (χ4n) is 1.82. The lowest BCUT2D eigenvalue weighted by Gasteiger charge is -2.40. The Kier molecular flexibility index (Phi) is 4.94. The molecule has 98 valence electrons. The van der Waals surface area contributed by atoms with E-state index in [1.54, 1.807) is 0 Å². The molecule has 0 aliphatic carbocycles. The quantitative estimate of drug-likeness (QED) is 0.571. The molecule has 1 aliphatic heterocycles. The van der Waals surface area contributed by atoms with Crippen LogP contribution in [0, 0.1) is 11.8 Å². The Bertz CT molecular complexity index is 306. The number of rotatable bonds is 2. The van der Waals surface area contributed by atoms with E-state index in [9.17, 15) is 9.59 Å². The summed E-state index contributed by atoms with van der Waals surface area (Å²) in [6.07, 6.45) is -1.48. The first kappa shape index (κ1) is 14.4. The minimum Gasteiger partial charge on any atom is -0.467 e. The molecule has 0 aromatic carbocycles. The predicted octanol–water partition coefficient (Wildman–Crippen LogP) is 1.48. The predicted molar refractivity (Wildman–Crippen MR) is 63.5 cm³/mol. The van der Waals surface area contributed by atoms with Crippen LogP contribution in [0.15, 0.2) is 0 Å². The third-order valence-corrected chi connectivity index (χ3v) is 4.12. The molecule has 1 unspecified atom stereocenters. The van der Waals surface area contributed by atoms with Crippen molar-refractivity contribution < 1.29 is 23.8 Å². The van der Waals surface area contributed by atoms with Gasteiger partial charge in [0.25, 0.3) is 0 Å². The molecule has 5 atom stereocenters. The van der Waals surface area contributed by atoms with Crippen LogP contribution < -0.4 is 0 Å². The molecule has 0 aromatic heterocycles. The molecule has 1 saturated heterocycles. The molecule has 1 rings (SSSR count). The third-order valence-electron chi connectivity index (χ3n) is 3.07. The number of alkyl halides is 1. The van der Waals surface area contributed by atoms with Crippen molar-refractivity contribution in [1.82, 2.24) is 0 Å². The number of esters is 2. The first-order valence-corrected chi connectivity index (χ1v) is 6.34. The molecule has 0 saturated carbocycles. The summed E-state index contributed by atoms with van der Waals surface area (Å²) in [5.41, 5.74) is 0. The minimum absolute atomic E-state index is 0.00104. The van der Waals surface area contributed by atoms with Gasteiger partial charge in [-0.1, -0.05) is 29.8 Å². The summed E-state index contributed by atoms with van der Waals surface area (Å²) in [7, 11) is 1.28. The van der Waals surface area contributed by atoms with Gasteiger partial charge in [-0.2, -0.15) is 0 Å². The monoisotopic (exact) mass is 308 g/mol. The SMILES string of the molecule is COC(=O)[C@H]1OC(Br)[C@H](C)[C@@H](C)[C@@H]1OC(C)=O. The van der Waals surface area contributed by atoms with Crippen LogP contribution in [-0.4, -0.2) is 36.3 Å². The van der Waals surface area contributed by atoms with Gasteiger partial charge >= 0.3 is 11.9 Å². The van der Waals surface area contributed by atoms with Gasteiger partial charge in [-0.15, -0.1) is 0 Å². The molecule has 0 bridgehead atoms. The van der Waals surface area contributed by atoms with Crippen LogP contribution in [0.25, 0.3) is 0 Å². The number of hydrogen-bond donors (Lipinski definition) is 0. The highest BCUT2D eigenvalue weighted by molar-refractivity contribution is 9.09. The molecule has 0 spiro atoms. The van der Waals surface area contributed by atoms with Gasteiger partial charge in [0, 0.05) is 12.8 Å². The molecule has 5 nitrogen and oxygen atoms in total.